The summed E-state index contributed by atoms with van der Waals surface area (Å²) in [6.45, 7) is 0. The van der Waals surface area contributed by atoms with E-state index in [0.717, 1.165) is 0 Å². The number of thiophene rings is 1. The average molecular weight is 249 g/mol. The summed E-state index contributed by atoms with van der Waals surface area (Å²) in [6, 6.07) is 17.4. The van der Waals surface area contributed by atoms with E-state index in [4.69, 9.17) is 0 Å². The summed E-state index contributed by atoms with van der Waals surface area (Å²) in [4.78, 5) is 4.58. The molecule has 0 aliphatic heterocycles. The van der Waals surface area contributed by atoms with Gasteiger partial charge in [-0.1, -0.05) is 24.3 Å². The zero-order valence-corrected chi connectivity index (χ0v) is 10.5. The molecule has 0 radical (unpaired) electrons. The minimum Gasteiger partial charge on any atom is -0.361 e. The molecule has 0 saturated carbocycles. The van der Waals surface area contributed by atoms with Crippen molar-refractivity contribution in [2.45, 2.75) is 0 Å². The standard InChI is InChI=1S/C16H11NS/c1-2-16(18-9-1)12-3-5-13-11(10-12)4-6-15-14(13)7-8-17-15/h1-10,17H. The van der Waals surface area contributed by atoms with Crippen LogP contribution in [-0.2, 0) is 0 Å². The molecule has 0 atom stereocenters. The molecule has 0 fully saturated rings. The van der Waals surface area contributed by atoms with Gasteiger partial charge in [0.2, 0.25) is 0 Å². The molecule has 2 heteroatoms. The summed E-state index contributed by atoms with van der Waals surface area (Å²) >= 11 is 1.78. The Morgan fingerprint density at radius 3 is 2.78 bits per heavy atom. The van der Waals surface area contributed by atoms with E-state index < -0.39 is 0 Å². The molecule has 18 heavy (non-hydrogen) atoms. The number of hydrogen-bond donors (Lipinski definition) is 1. The molecular formula is C16H11NS. The van der Waals surface area contributed by atoms with Crippen molar-refractivity contribution in [1.82, 2.24) is 4.98 Å². The van der Waals surface area contributed by atoms with E-state index in [1.807, 2.05) is 6.20 Å². The van der Waals surface area contributed by atoms with Crippen LogP contribution < -0.4 is 0 Å². The third-order valence-corrected chi connectivity index (χ3v) is 4.27. The molecule has 0 bridgehead atoms. The van der Waals surface area contributed by atoms with E-state index in [-0.39, 0.29) is 0 Å². The number of fused-ring (bicyclic) bond motifs is 3. The minimum atomic E-state index is 1.20. The minimum absolute atomic E-state index is 1.20. The van der Waals surface area contributed by atoms with E-state index in [1.54, 1.807) is 11.3 Å². The van der Waals surface area contributed by atoms with Crippen LogP contribution in [0.15, 0.2) is 60.1 Å². The lowest BCUT2D eigenvalue weighted by Gasteiger charge is -2.03. The van der Waals surface area contributed by atoms with Crippen molar-refractivity contribution in [2.75, 3.05) is 0 Å². The van der Waals surface area contributed by atoms with E-state index in [9.17, 15) is 0 Å². The number of hydrogen-bond acceptors (Lipinski definition) is 1. The van der Waals surface area contributed by atoms with E-state index in [1.165, 1.54) is 32.1 Å². The molecule has 0 saturated heterocycles. The third-order valence-electron chi connectivity index (χ3n) is 3.36. The number of rotatable bonds is 1. The number of aromatic amines is 1. The highest BCUT2D eigenvalue weighted by Crippen LogP contribution is 2.31. The van der Waals surface area contributed by atoms with Crippen molar-refractivity contribution in [2.24, 2.45) is 0 Å². The first-order valence-electron chi connectivity index (χ1n) is 5.95. The van der Waals surface area contributed by atoms with Crippen molar-refractivity contribution in [3.05, 3.63) is 60.1 Å². The smallest absolute Gasteiger partial charge is 0.0460 e. The second-order valence-electron chi connectivity index (χ2n) is 4.42. The molecule has 1 N–H and O–H groups in total. The maximum Gasteiger partial charge on any atom is 0.0460 e. The zero-order chi connectivity index (χ0) is 11.9. The predicted octanol–water partition coefficient (Wildman–Crippen LogP) is 5.05. The molecule has 0 aliphatic rings. The first-order valence-corrected chi connectivity index (χ1v) is 6.83. The molecular weight excluding hydrogens is 238 g/mol. The Kier molecular flexibility index (Phi) is 2.05. The van der Waals surface area contributed by atoms with Crippen LogP contribution in [0.3, 0.4) is 0 Å². The van der Waals surface area contributed by atoms with Crippen LogP contribution in [0.5, 0.6) is 0 Å². The van der Waals surface area contributed by atoms with Gasteiger partial charge in [-0.2, -0.15) is 0 Å². The SMILES string of the molecule is c1csc(-c2ccc3c(ccc4[nH]ccc43)c2)c1. The highest BCUT2D eigenvalue weighted by Gasteiger charge is 2.04. The fourth-order valence-corrected chi connectivity index (χ4v) is 3.19. The Balaban J connectivity index is 2.03. The first-order chi connectivity index (χ1) is 8.92. The van der Waals surface area contributed by atoms with Crippen LogP contribution in [-0.4, -0.2) is 4.98 Å². The highest BCUT2D eigenvalue weighted by atomic mass is 32.1. The molecule has 2 aromatic carbocycles. The first kappa shape index (κ1) is 9.92. The highest BCUT2D eigenvalue weighted by molar-refractivity contribution is 7.13. The molecule has 2 aromatic heterocycles. The summed E-state index contributed by atoms with van der Waals surface area (Å²) < 4.78 is 0. The summed E-state index contributed by atoms with van der Waals surface area (Å²) in [5.41, 5.74) is 2.50. The van der Waals surface area contributed by atoms with Crippen molar-refractivity contribution in [1.29, 1.82) is 0 Å². The molecule has 0 spiro atoms. The quantitative estimate of drug-likeness (QED) is 0.486. The lowest BCUT2D eigenvalue weighted by molar-refractivity contribution is 1.48. The topological polar surface area (TPSA) is 15.8 Å². The number of aromatic nitrogens is 1. The van der Waals surface area contributed by atoms with Gasteiger partial charge in [0.05, 0.1) is 0 Å². The lowest BCUT2D eigenvalue weighted by atomic mass is 10.0. The summed E-state index contributed by atoms with van der Waals surface area (Å²) in [6.07, 6.45) is 2.00. The summed E-state index contributed by atoms with van der Waals surface area (Å²) in [5.74, 6) is 0. The van der Waals surface area contributed by atoms with Crippen LogP contribution >= 0.6 is 11.3 Å². The van der Waals surface area contributed by atoms with E-state index in [2.05, 4.69) is 58.9 Å². The van der Waals surface area contributed by atoms with Crippen molar-refractivity contribution < 1.29 is 0 Å². The zero-order valence-electron chi connectivity index (χ0n) is 9.68. The van der Waals surface area contributed by atoms with Gasteiger partial charge in [-0.3, -0.25) is 0 Å². The van der Waals surface area contributed by atoms with Gasteiger partial charge in [-0.25, -0.2) is 0 Å². The Morgan fingerprint density at radius 2 is 1.89 bits per heavy atom. The van der Waals surface area contributed by atoms with Crippen molar-refractivity contribution >= 4 is 33.0 Å². The molecule has 2 heterocycles. The molecule has 1 nitrogen and oxygen atoms in total. The number of nitrogens with one attached hydrogen (secondary N) is 1. The van der Waals surface area contributed by atoms with Gasteiger partial charge < -0.3 is 4.98 Å². The lowest BCUT2D eigenvalue weighted by Crippen LogP contribution is -1.77. The van der Waals surface area contributed by atoms with Gasteiger partial charge in [-0.05, 0) is 46.0 Å². The molecule has 86 valence electrons. The van der Waals surface area contributed by atoms with Gasteiger partial charge in [0.25, 0.3) is 0 Å². The Labute approximate surface area is 109 Å². The van der Waals surface area contributed by atoms with Gasteiger partial charge in [-0.15, -0.1) is 11.3 Å². The number of benzene rings is 2. The molecule has 0 amide bonds. The van der Waals surface area contributed by atoms with Crippen molar-refractivity contribution in [3.63, 3.8) is 0 Å². The fraction of sp³-hybridized carbons (Fsp3) is 0. The Hall–Kier alpha value is -2.06. The van der Waals surface area contributed by atoms with Crippen LogP contribution in [0.4, 0.5) is 0 Å². The second-order valence-corrected chi connectivity index (χ2v) is 5.37. The predicted molar refractivity (Wildman–Crippen MR) is 79.1 cm³/mol. The maximum atomic E-state index is 3.26. The Morgan fingerprint density at radius 1 is 0.889 bits per heavy atom. The molecule has 0 aliphatic carbocycles. The number of H-pyrrole nitrogens is 1. The molecule has 4 aromatic rings. The summed E-state index contributed by atoms with van der Waals surface area (Å²) in [7, 11) is 0. The largest absolute Gasteiger partial charge is 0.361 e. The van der Waals surface area contributed by atoms with Crippen LogP contribution in [0.25, 0.3) is 32.1 Å². The van der Waals surface area contributed by atoms with E-state index in [0.29, 0.717) is 0 Å². The average Bonchev–Trinajstić information content (AvgIpc) is 3.09. The van der Waals surface area contributed by atoms with Gasteiger partial charge in [0.15, 0.2) is 0 Å². The van der Waals surface area contributed by atoms with Gasteiger partial charge in [0.1, 0.15) is 0 Å². The fourth-order valence-electron chi connectivity index (χ4n) is 2.47. The monoisotopic (exact) mass is 249 g/mol. The van der Waals surface area contributed by atoms with Gasteiger partial charge >= 0.3 is 0 Å². The normalized spacial score (nSPS) is 11.3. The summed E-state index contributed by atoms with van der Waals surface area (Å²) in [5, 5.41) is 6.03. The third kappa shape index (κ3) is 1.39. The van der Waals surface area contributed by atoms with Gasteiger partial charge in [0, 0.05) is 22.0 Å². The van der Waals surface area contributed by atoms with Crippen LogP contribution in [0, 0.1) is 0 Å². The van der Waals surface area contributed by atoms with E-state index >= 15 is 0 Å². The maximum absolute atomic E-state index is 3.26. The van der Waals surface area contributed by atoms with Crippen LogP contribution in [0.2, 0.25) is 0 Å². The second kappa shape index (κ2) is 3.72. The Bertz CT molecular complexity index is 825. The molecule has 4 rings (SSSR count). The van der Waals surface area contributed by atoms with Crippen molar-refractivity contribution in [3.8, 4) is 10.4 Å². The van der Waals surface area contributed by atoms with Crippen LogP contribution in [0.1, 0.15) is 0 Å². The molecule has 0 unspecified atom stereocenters.